The summed E-state index contributed by atoms with van der Waals surface area (Å²) in [4.78, 5) is 14.3. The third kappa shape index (κ3) is 1.21. The standard InChI is InChI=1S/C11H9NO4/c1-14-11(13)8-2-6-3-9-10(16-5-15-9)4-7(6)12-8/h2-4,12H,5H2,1H3. The van der Waals surface area contributed by atoms with E-state index >= 15 is 0 Å². The molecule has 82 valence electrons. The van der Waals surface area contributed by atoms with Gasteiger partial charge in [0.15, 0.2) is 11.5 Å². The van der Waals surface area contributed by atoms with Crippen molar-refractivity contribution in [1.29, 1.82) is 0 Å². The number of methoxy groups -OCH3 is 1. The molecule has 5 nitrogen and oxygen atoms in total. The van der Waals surface area contributed by atoms with Gasteiger partial charge in [0.2, 0.25) is 6.79 Å². The lowest BCUT2D eigenvalue weighted by Crippen LogP contribution is -2.00. The Labute approximate surface area is 90.9 Å². The number of benzene rings is 1. The number of hydrogen-bond donors (Lipinski definition) is 1. The second-order valence-electron chi connectivity index (χ2n) is 3.47. The first-order valence-corrected chi connectivity index (χ1v) is 4.78. The number of carbonyl (C=O) groups is 1. The lowest BCUT2D eigenvalue weighted by molar-refractivity contribution is 0.0595. The molecule has 0 amide bonds. The summed E-state index contributed by atoms with van der Waals surface area (Å²) >= 11 is 0. The van der Waals surface area contributed by atoms with Gasteiger partial charge in [0.25, 0.3) is 0 Å². The molecule has 3 rings (SSSR count). The molecule has 0 unspecified atom stereocenters. The van der Waals surface area contributed by atoms with Crippen molar-refractivity contribution in [3.8, 4) is 11.5 Å². The van der Waals surface area contributed by atoms with E-state index in [1.54, 1.807) is 6.07 Å². The van der Waals surface area contributed by atoms with E-state index in [0.29, 0.717) is 17.2 Å². The van der Waals surface area contributed by atoms with Crippen LogP contribution in [-0.2, 0) is 4.74 Å². The molecule has 0 saturated heterocycles. The number of H-pyrrole nitrogens is 1. The molecule has 16 heavy (non-hydrogen) atoms. The molecule has 0 spiro atoms. The molecule has 2 aromatic rings. The number of fused-ring (bicyclic) bond motifs is 2. The van der Waals surface area contributed by atoms with Crippen LogP contribution in [0.25, 0.3) is 10.9 Å². The van der Waals surface area contributed by atoms with E-state index < -0.39 is 5.97 Å². The molecule has 0 atom stereocenters. The van der Waals surface area contributed by atoms with Crippen LogP contribution in [-0.4, -0.2) is 24.9 Å². The molecule has 1 N–H and O–H groups in total. The summed E-state index contributed by atoms with van der Waals surface area (Å²) in [5, 5.41) is 0.893. The van der Waals surface area contributed by atoms with Crippen LogP contribution in [0.5, 0.6) is 11.5 Å². The van der Waals surface area contributed by atoms with Crippen LogP contribution in [0.15, 0.2) is 18.2 Å². The minimum Gasteiger partial charge on any atom is -0.464 e. The molecule has 0 radical (unpaired) electrons. The lowest BCUT2D eigenvalue weighted by atomic mass is 10.2. The molecule has 0 aliphatic carbocycles. The van der Waals surface area contributed by atoms with Gasteiger partial charge in [-0.3, -0.25) is 0 Å². The first-order valence-electron chi connectivity index (χ1n) is 4.78. The Morgan fingerprint density at radius 2 is 2.06 bits per heavy atom. The van der Waals surface area contributed by atoms with Crippen LogP contribution in [0.2, 0.25) is 0 Å². The molecule has 0 bridgehead atoms. The zero-order valence-corrected chi connectivity index (χ0v) is 8.57. The molecule has 1 aromatic heterocycles. The smallest absolute Gasteiger partial charge is 0.354 e. The number of aromatic nitrogens is 1. The maximum Gasteiger partial charge on any atom is 0.354 e. The molecule has 5 heteroatoms. The fourth-order valence-electron chi connectivity index (χ4n) is 1.74. The molecule has 1 aliphatic rings. The topological polar surface area (TPSA) is 60.6 Å². The second-order valence-corrected chi connectivity index (χ2v) is 3.47. The predicted molar refractivity (Wildman–Crippen MR) is 55.8 cm³/mol. The number of aromatic amines is 1. The third-order valence-electron chi connectivity index (χ3n) is 2.52. The highest BCUT2D eigenvalue weighted by Crippen LogP contribution is 2.36. The highest BCUT2D eigenvalue weighted by atomic mass is 16.7. The van der Waals surface area contributed by atoms with Gasteiger partial charge in [-0.15, -0.1) is 0 Å². The van der Waals surface area contributed by atoms with Crippen molar-refractivity contribution >= 4 is 16.9 Å². The van der Waals surface area contributed by atoms with Gasteiger partial charge < -0.3 is 19.2 Å². The van der Waals surface area contributed by atoms with Gasteiger partial charge >= 0.3 is 5.97 Å². The van der Waals surface area contributed by atoms with Crippen molar-refractivity contribution in [2.75, 3.05) is 13.9 Å². The fraction of sp³-hybridized carbons (Fsp3) is 0.182. The first-order chi connectivity index (χ1) is 7.78. The van der Waals surface area contributed by atoms with Crippen molar-refractivity contribution in [1.82, 2.24) is 4.98 Å². The fourth-order valence-corrected chi connectivity index (χ4v) is 1.74. The summed E-state index contributed by atoms with van der Waals surface area (Å²) in [7, 11) is 1.35. The van der Waals surface area contributed by atoms with Gasteiger partial charge in [-0.25, -0.2) is 4.79 Å². The summed E-state index contributed by atoms with van der Waals surface area (Å²) in [6.07, 6.45) is 0. The Balaban J connectivity index is 2.15. The SMILES string of the molecule is COC(=O)c1cc2cc3c(cc2[nH]1)OCO3. The summed E-state index contributed by atoms with van der Waals surface area (Å²) in [6, 6.07) is 5.37. The van der Waals surface area contributed by atoms with Gasteiger partial charge in [-0.2, -0.15) is 0 Å². The molecule has 2 heterocycles. The van der Waals surface area contributed by atoms with Crippen LogP contribution in [0, 0.1) is 0 Å². The number of ether oxygens (including phenoxy) is 3. The van der Waals surface area contributed by atoms with E-state index in [1.165, 1.54) is 7.11 Å². The summed E-state index contributed by atoms with van der Waals surface area (Å²) < 4.78 is 15.1. The van der Waals surface area contributed by atoms with Crippen LogP contribution in [0.4, 0.5) is 0 Å². The van der Waals surface area contributed by atoms with Crippen molar-refractivity contribution in [2.45, 2.75) is 0 Å². The maximum atomic E-state index is 11.3. The van der Waals surface area contributed by atoms with E-state index in [0.717, 1.165) is 10.9 Å². The van der Waals surface area contributed by atoms with Crippen molar-refractivity contribution in [2.24, 2.45) is 0 Å². The molecule has 1 aliphatic heterocycles. The van der Waals surface area contributed by atoms with Crippen molar-refractivity contribution in [3.05, 3.63) is 23.9 Å². The minimum atomic E-state index is -0.391. The Kier molecular flexibility index (Phi) is 1.80. The van der Waals surface area contributed by atoms with Gasteiger partial charge in [-0.1, -0.05) is 0 Å². The van der Waals surface area contributed by atoms with Crippen molar-refractivity contribution in [3.63, 3.8) is 0 Å². The van der Waals surface area contributed by atoms with E-state index in [9.17, 15) is 4.79 Å². The van der Waals surface area contributed by atoms with Gasteiger partial charge in [0, 0.05) is 11.5 Å². The Bertz CT molecular complexity index is 532. The van der Waals surface area contributed by atoms with Gasteiger partial charge in [0.1, 0.15) is 5.69 Å². The van der Waals surface area contributed by atoms with Gasteiger partial charge in [-0.05, 0) is 12.1 Å². The Morgan fingerprint density at radius 3 is 2.81 bits per heavy atom. The minimum absolute atomic E-state index is 0.242. The first kappa shape index (κ1) is 9.08. The average molecular weight is 219 g/mol. The van der Waals surface area contributed by atoms with E-state index in [2.05, 4.69) is 9.72 Å². The van der Waals surface area contributed by atoms with E-state index in [-0.39, 0.29) is 6.79 Å². The zero-order valence-electron chi connectivity index (χ0n) is 8.57. The monoisotopic (exact) mass is 219 g/mol. The van der Waals surface area contributed by atoms with E-state index in [1.807, 2.05) is 12.1 Å². The zero-order chi connectivity index (χ0) is 11.1. The number of hydrogen-bond acceptors (Lipinski definition) is 4. The number of nitrogens with one attached hydrogen (secondary N) is 1. The number of carbonyl (C=O) groups excluding carboxylic acids is 1. The molecule has 1 aromatic carbocycles. The third-order valence-corrected chi connectivity index (χ3v) is 2.52. The Hall–Kier alpha value is -2.17. The van der Waals surface area contributed by atoms with Crippen molar-refractivity contribution < 1.29 is 19.0 Å². The maximum absolute atomic E-state index is 11.3. The largest absolute Gasteiger partial charge is 0.464 e. The van der Waals surface area contributed by atoms with Crippen LogP contribution < -0.4 is 9.47 Å². The van der Waals surface area contributed by atoms with Crippen LogP contribution in [0.3, 0.4) is 0 Å². The van der Waals surface area contributed by atoms with Crippen LogP contribution >= 0.6 is 0 Å². The van der Waals surface area contributed by atoms with Crippen LogP contribution in [0.1, 0.15) is 10.5 Å². The highest BCUT2D eigenvalue weighted by molar-refractivity contribution is 5.95. The number of rotatable bonds is 1. The summed E-state index contributed by atoms with van der Waals surface area (Å²) in [5.41, 5.74) is 1.24. The normalized spacial score (nSPS) is 13.1. The Morgan fingerprint density at radius 1 is 1.31 bits per heavy atom. The molecule has 0 saturated carbocycles. The van der Waals surface area contributed by atoms with E-state index in [4.69, 9.17) is 9.47 Å². The molecular weight excluding hydrogens is 210 g/mol. The average Bonchev–Trinajstić information content (AvgIpc) is 2.89. The van der Waals surface area contributed by atoms with Gasteiger partial charge in [0.05, 0.1) is 12.6 Å². The quantitative estimate of drug-likeness (QED) is 0.741. The lowest BCUT2D eigenvalue weighted by Gasteiger charge is -1.94. The summed E-state index contributed by atoms with van der Waals surface area (Å²) in [5.74, 6) is 0.992. The highest BCUT2D eigenvalue weighted by Gasteiger charge is 2.17. The number of esters is 1. The molecular formula is C11H9NO4. The second kappa shape index (κ2) is 3.16. The summed E-state index contributed by atoms with van der Waals surface area (Å²) in [6.45, 7) is 0.242. The predicted octanol–water partition coefficient (Wildman–Crippen LogP) is 1.68. The molecule has 0 fully saturated rings.